The molecule has 0 unspecified atom stereocenters. The Morgan fingerprint density at radius 2 is 0.720 bits per heavy atom. The summed E-state index contributed by atoms with van der Waals surface area (Å²) in [5.74, 6) is 11.0. The lowest BCUT2D eigenvalue weighted by Crippen LogP contribution is -2.45. The number of anilines is 1. The van der Waals surface area contributed by atoms with Gasteiger partial charge in [0, 0.05) is 124 Å². The summed E-state index contributed by atoms with van der Waals surface area (Å²) < 4.78 is 45.2. The average Bonchev–Trinajstić information content (AvgIpc) is 0.856. The zero-order valence-electron chi connectivity index (χ0n) is 85.1. The number of methoxy groups -OCH3 is 1. The second-order valence-electron chi connectivity index (χ2n) is 37.4. The maximum atomic E-state index is 11.8. The number of aliphatic hydroxyl groups is 1. The Hall–Kier alpha value is -8.92. The molecule has 0 saturated carbocycles. The summed E-state index contributed by atoms with van der Waals surface area (Å²) in [4.78, 5) is 30.4. The molecule has 732 valence electrons. The van der Waals surface area contributed by atoms with Crippen LogP contribution >= 0.6 is 0 Å². The molecule has 0 atom stereocenters. The highest BCUT2D eigenvalue weighted by Gasteiger charge is 2.17. The Labute approximate surface area is 801 Å². The van der Waals surface area contributed by atoms with Crippen LogP contribution in [0.5, 0.6) is 28.7 Å². The van der Waals surface area contributed by atoms with Crippen LogP contribution in [0.25, 0.3) is 0 Å². The third-order valence-electron chi connectivity index (χ3n) is 23.2. The summed E-state index contributed by atoms with van der Waals surface area (Å²) in [6.45, 7) is 64.5. The van der Waals surface area contributed by atoms with Gasteiger partial charge in [0.2, 0.25) is 0 Å². The Balaban J connectivity index is 0.000000313. The second-order valence-corrected chi connectivity index (χ2v) is 37.4. The van der Waals surface area contributed by atoms with Crippen LogP contribution in [0.3, 0.4) is 0 Å². The summed E-state index contributed by atoms with van der Waals surface area (Å²) in [6, 6.07) is 68.6. The molecule has 0 aliphatic carbocycles. The number of benzene rings is 7. The molecule has 2 aromatic heterocycles. The van der Waals surface area contributed by atoms with Crippen molar-refractivity contribution < 1.29 is 43.0 Å². The summed E-state index contributed by atoms with van der Waals surface area (Å²) in [5, 5.41) is 8.55. The van der Waals surface area contributed by atoms with E-state index in [0.29, 0.717) is 73.1 Å². The SMILES string of the molecule is C.CC(C)c1ccc(=O)n(CCN2CCOCC2)c1.CC(C)c1ccc(N2CCCCC2)nc1.CC(C)c1ccc(OCCN(C)C)cc1.CC(C)c1ccc(OCCN2CCN(C)CC2)cc1.CC(C)c1ccc(OCCN2CCOCC2)cc1.CC(C)c1ccc(OCCO)cc1.CC(C)c1ccccc1.COCCOc1ccc(C(C)C)cc1.Cc1cccc(C(C)C)c1. The van der Waals surface area contributed by atoms with Gasteiger partial charge >= 0.3 is 0 Å². The van der Waals surface area contributed by atoms with Crippen molar-refractivity contribution in [1.82, 2.24) is 34.1 Å². The zero-order chi connectivity index (χ0) is 95.7. The molecule has 18 nitrogen and oxygen atoms in total. The number of aliphatic hydroxyl groups excluding tert-OH is 1. The smallest absolute Gasteiger partial charge is 0.250 e. The first kappa shape index (κ1) is 115. The van der Waals surface area contributed by atoms with Gasteiger partial charge in [0.15, 0.2) is 0 Å². The van der Waals surface area contributed by atoms with Gasteiger partial charge in [-0.15, -0.1) is 0 Å². The molecule has 0 amide bonds. The molecule has 1 N–H and O–H groups in total. The highest BCUT2D eigenvalue weighted by Crippen LogP contribution is 2.26. The molecular formula is C114H176N8O10. The third-order valence-corrected chi connectivity index (χ3v) is 23.2. The highest BCUT2D eigenvalue weighted by molar-refractivity contribution is 5.40. The number of piperidine rings is 1. The lowest BCUT2D eigenvalue weighted by molar-refractivity contribution is 0.0322. The minimum atomic E-state index is 0. The van der Waals surface area contributed by atoms with Crippen molar-refractivity contribution >= 4 is 5.82 Å². The van der Waals surface area contributed by atoms with E-state index in [2.05, 4.69) is 319 Å². The molecule has 132 heavy (non-hydrogen) atoms. The number of likely N-dealkylation sites (N-methyl/N-ethyl adjacent to an activating group) is 2. The minimum absolute atomic E-state index is 0. The number of hydrogen-bond donors (Lipinski definition) is 1. The normalized spacial score (nSPS) is 14.1. The first-order valence-electron chi connectivity index (χ1n) is 48.8. The number of aryl methyl sites for hydroxylation is 1. The van der Waals surface area contributed by atoms with Crippen LogP contribution in [0, 0.1) is 6.92 Å². The highest BCUT2D eigenvalue weighted by atomic mass is 16.5. The number of hydrogen-bond acceptors (Lipinski definition) is 17. The fourth-order valence-corrected chi connectivity index (χ4v) is 14.0. The predicted octanol–water partition coefficient (Wildman–Crippen LogP) is 23.8. The van der Waals surface area contributed by atoms with E-state index in [9.17, 15) is 4.79 Å². The van der Waals surface area contributed by atoms with Gasteiger partial charge in [0.25, 0.3) is 5.56 Å². The maximum Gasteiger partial charge on any atom is 0.250 e. The van der Waals surface area contributed by atoms with Crippen molar-refractivity contribution in [2.75, 3.05) is 197 Å². The number of morpholine rings is 2. The van der Waals surface area contributed by atoms with E-state index in [-0.39, 0.29) is 19.6 Å². The van der Waals surface area contributed by atoms with E-state index >= 15 is 0 Å². The summed E-state index contributed by atoms with van der Waals surface area (Å²) in [5.41, 5.74) is 13.6. The molecule has 6 heterocycles. The van der Waals surface area contributed by atoms with Crippen LogP contribution in [0.4, 0.5) is 5.82 Å². The Bertz CT molecular complexity index is 4360. The van der Waals surface area contributed by atoms with E-state index < -0.39 is 0 Å². The molecule has 0 radical (unpaired) electrons. The molecule has 4 saturated heterocycles. The number of ether oxygens (including phenoxy) is 8. The Morgan fingerprint density at radius 1 is 0.364 bits per heavy atom. The maximum absolute atomic E-state index is 11.8. The van der Waals surface area contributed by atoms with Crippen LogP contribution in [0.1, 0.15) is 260 Å². The van der Waals surface area contributed by atoms with Gasteiger partial charge < -0.3 is 62.3 Å². The van der Waals surface area contributed by atoms with Crippen LogP contribution in [0.15, 0.2) is 217 Å². The van der Waals surface area contributed by atoms with Gasteiger partial charge in [-0.05, 0) is 217 Å². The number of nitrogens with zero attached hydrogens (tertiary/aromatic N) is 8. The Morgan fingerprint density at radius 3 is 1.08 bits per heavy atom. The molecule has 18 heteroatoms. The van der Waals surface area contributed by atoms with Crippen molar-refractivity contribution in [2.45, 2.75) is 218 Å². The molecule has 4 aliphatic heterocycles. The largest absolute Gasteiger partial charge is 0.492 e. The van der Waals surface area contributed by atoms with E-state index in [1.165, 1.54) is 101 Å². The Kier molecular flexibility index (Phi) is 58.8. The van der Waals surface area contributed by atoms with Gasteiger partial charge in [-0.3, -0.25) is 19.5 Å². The summed E-state index contributed by atoms with van der Waals surface area (Å²) in [6.07, 6.45) is 8.02. The van der Waals surface area contributed by atoms with Gasteiger partial charge in [0.05, 0.1) is 39.6 Å². The van der Waals surface area contributed by atoms with Crippen molar-refractivity contribution in [3.63, 3.8) is 0 Å². The fourth-order valence-electron chi connectivity index (χ4n) is 14.0. The molecular weight excluding hydrogens is 1640 g/mol. The lowest BCUT2D eigenvalue weighted by Gasteiger charge is -2.32. The molecule has 4 aliphatic rings. The van der Waals surface area contributed by atoms with Crippen LogP contribution in [-0.2, 0) is 20.8 Å². The monoisotopic (exact) mass is 1820 g/mol. The molecule has 7 aromatic carbocycles. The fraction of sp³-hybridized carbons (Fsp3) is 0.544. The van der Waals surface area contributed by atoms with Crippen LogP contribution < -0.4 is 34.1 Å². The van der Waals surface area contributed by atoms with E-state index in [0.717, 1.165) is 153 Å². The third kappa shape index (κ3) is 49.4. The topological polar surface area (TPSA) is 148 Å². The van der Waals surface area contributed by atoms with Crippen LogP contribution in [0.2, 0.25) is 0 Å². The summed E-state index contributed by atoms with van der Waals surface area (Å²) >= 11 is 0. The lowest BCUT2D eigenvalue weighted by atomic mass is 10.0. The van der Waals surface area contributed by atoms with E-state index in [4.69, 9.17) is 43.0 Å². The number of pyridine rings is 2. The average molecular weight is 1820 g/mol. The van der Waals surface area contributed by atoms with Crippen molar-refractivity contribution in [3.05, 3.63) is 279 Å². The standard InChI is InChI=1S/C16H26N2O.C15H23NO2.C14H22N2O2.C13H20N2.C13H21NO.C12H18O2.C11H16O2.C10H14.C9H12.CH4/c1-14(2)15-4-6-16(7-5-15)19-13-12-18-10-8-17(3)9-11-18;1-13(2)14-3-5-15(6-4-14)18-12-9-16-7-10-17-11-8-16;1-12(2)13-3-4-14(17)16(11-13)6-5-15-7-9-18-10-8-15;1-11(2)12-6-7-13(14-10-12)15-8-4-3-5-9-15;1-11(2)12-5-7-13(8-6-12)15-10-9-14(3)4;1-10(2)11-4-6-12(7-5-11)14-9-8-13-3;1-9(2)10-3-5-11(6-4-10)13-8-7-12;1-8(2)10-6-4-5-9(3)7-10;1-8(2)9-6-4-3-5-7-9;/h4-7,14H,8-13H2,1-3H3;3-6,13H,7-12H2,1-2H3;3-4,11-12H,5-10H2,1-2H3;6-7,10-11H,3-5,8-9H2,1-2H3;5-8,11H,9-10H2,1-4H3;4-7,10H,8-9H2,1-3H3;3-6,9,12H,7-8H2,1-2H3;4-8H,1-3H3;3-8H,1-2H3;1H4. The van der Waals surface area contributed by atoms with Crippen molar-refractivity contribution in [3.8, 4) is 28.7 Å². The van der Waals surface area contributed by atoms with E-state index in [1.54, 1.807) is 13.2 Å². The number of rotatable bonds is 32. The zero-order valence-corrected chi connectivity index (χ0v) is 85.1. The molecule has 0 spiro atoms. The quantitative estimate of drug-likeness (QED) is 0.0398. The molecule has 4 fully saturated rings. The molecule has 13 rings (SSSR count). The summed E-state index contributed by atoms with van der Waals surface area (Å²) in [7, 11) is 7.95. The molecule has 9 aromatic rings. The minimum Gasteiger partial charge on any atom is -0.492 e. The molecule has 0 bridgehead atoms. The van der Waals surface area contributed by atoms with Crippen molar-refractivity contribution in [2.24, 2.45) is 0 Å². The van der Waals surface area contributed by atoms with E-state index in [1.807, 2.05) is 79.6 Å². The van der Waals surface area contributed by atoms with Gasteiger partial charge in [0.1, 0.15) is 67.6 Å². The number of piperazine rings is 1. The number of aromatic nitrogens is 2. The first-order chi connectivity index (χ1) is 62.9. The van der Waals surface area contributed by atoms with Gasteiger partial charge in [-0.25, -0.2) is 4.98 Å². The van der Waals surface area contributed by atoms with Gasteiger partial charge in [-0.1, -0.05) is 265 Å². The van der Waals surface area contributed by atoms with Gasteiger partial charge in [-0.2, -0.15) is 0 Å². The first-order valence-corrected chi connectivity index (χ1v) is 48.8. The second kappa shape index (κ2) is 67.3. The van der Waals surface area contributed by atoms with Crippen molar-refractivity contribution in [1.29, 1.82) is 0 Å². The predicted molar refractivity (Wildman–Crippen MR) is 558 cm³/mol. The van der Waals surface area contributed by atoms with Crippen LogP contribution in [-0.4, -0.2) is 232 Å².